The van der Waals surface area contributed by atoms with Gasteiger partial charge in [-0.15, -0.1) is 0 Å². The summed E-state index contributed by atoms with van der Waals surface area (Å²) in [5, 5.41) is 43.0. The summed E-state index contributed by atoms with van der Waals surface area (Å²) in [5.74, 6) is 0. The van der Waals surface area contributed by atoms with Crippen molar-refractivity contribution in [3.63, 3.8) is 0 Å². The molecule has 12 nitrogen and oxygen atoms in total. The quantitative estimate of drug-likeness (QED) is 0.0790. The molecule has 2 aliphatic heterocycles. The third-order valence-corrected chi connectivity index (χ3v) is 9.27. The van der Waals surface area contributed by atoms with Gasteiger partial charge in [-0.25, -0.2) is 0 Å². The Kier molecular flexibility index (Phi) is 24.8. The second-order valence-corrected chi connectivity index (χ2v) is 14.4. The zero-order valence-corrected chi connectivity index (χ0v) is 31.1. The number of β-amino-alcohol motifs (C(OH)–C–C–N with tert-alkyl or cyclic N) is 2. The first kappa shape index (κ1) is 43.7. The number of aliphatic hydroxyl groups is 4. The SMILES string of the molecule is CCCCCN(C)CC(O)COCC(OCC(O)CN1CCCC1)C(COCC(O)CN1CCCC1)OCC(O)CN(C)CCCCC. The molecular weight excluding hydrogens is 616 g/mol. The van der Waals surface area contributed by atoms with Gasteiger partial charge in [-0.2, -0.15) is 0 Å². The van der Waals surface area contributed by atoms with Crippen molar-refractivity contribution < 1.29 is 39.4 Å². The van der Waals surface area contributed by atoms with Crippen molar-refractivity contribution in [3.8, 4) is 0 Å². The summed E-state index contributed by atoms with van der Waals surface area (Å²) in [6, 6.07) is 0. The number of hydrogen-bond acceptors (Lipinski definition) is 12. The monoisotopic (exact) mass is 691 g/mol. The fraction of sp³-hybridized carbons (Fsp3) is 1.00. The summed E-state index contributed by atoms with van der Waals surface area (Å²) < 4.78 is 24.6. The van der Waals surface area contributed by atoms with Crippen LogP contribution in [0.3, 0.4) is 0 Å². The van der Waals surface area contributed by atoms with Crippen LogP contribution < -0.4 is 0 Å². The smallest absolute Gasteiger partial charge is 0.109 e. The normalized spacial score (nSPS) is 20.1. The minimum Gasteiger partial charge on any atom is -0.389 e. The Morgan fingerprint density at radius 3 is 1.33 bits per heavy atom. The highest BCUT2D eigenvalue weighted by molar-refractivity contribution is 4.77. The van der Waals surface area contributed by atoms with Gasteiger partial charge in [0.05, 0.1) is 64.1 Å². The van der Waals surface area contributed by atoms with E-state index >= 15 is 0 Å². The number of aliphatic hydroxyl groups excluding tert-OH is 4. The van der Waals surface area contributed by atoms with E-state index in [9.17, 15) is 20.4 Å². The summed E-state index contributed by atoms with van der Waals surface area (Å²) in [6.07, 6.45) is 7.57. The molecule has 0 bridgehead atoms. The van der Waals surface area contributed by atoms with Crippen LogP contribution in [0.4, 0.5) is 0 Å². The summed E-state index contributed by atoms with van der Waals surface area (Å²) in [5.41, 5.74) is 0. The second-order valence-electron chi connectivity index (χ2n) is 14.4. The maximum Gasteiger partial charge on any atom is 0.109 e. The topological polar surface area (TPSA) is 131 Å². The number of ether oxygens (including phenoxy) is 4. The van der Waals surface area contributed by atoms with Gasteiger partial charge in [0.25, 0.3) is 0 Å². The fourth-order valence-corrected chi connectivity index (χ4v) is 6.54. The molecule has 2 fully saturated rings. The first-order chi connectivity index (χ1) is 23.2. The largest absolute Gasteiger partial charge is 0.389 e. The Bertz CT molecular complexity index is 747. The number of hydrogen-bond donors (Lipinski definition) is 4. The van der Waals surface area contributed by atoms with Gasteiger partial charge < -0.3 is 59.0 Å². The number of nitrogens with zero attached hydrogens (tertiary/aromatic N) is 4. The van der Waals surface area contributed by atoms with E-state index in [0.717, 1.165) is 97.1 Å². The van der Waals surface area contributed by atoms with E-state index in [-0.39, 0.29) is 39.6 Å². The van der Waals surface area contributed by atoms with Crippen LogP contribution in [0.2, 0.25) is 0 Å². The van der Waals surface area contributed by atoms with Crippen LogP contribution >= 0.6 is 0 Å². The van der Waals surface area contributed by atoms with Gasteiger partial charge in [0.15, 0.2) is 0 Å². The molecule has 286 valence electrons. The van der Waals surface area contributed by atoms with Crippen LogP contribution in [0.25, 0.3) is 0 Å². The van der Waals surface area contributed by atoms with E-state index in [0.29, 0.717) is 26.2 Å². The number of likely N-dealkylation sites (N-methyl/N-ethyl adjacent to an activating group) is 2. The molecule has 12 heteroatoms. The van der Waals surface area contributed by atoms with E-state index in [1.54, 1.807) is 0 Å². The molecule has 6 atom stereocenters. The molecule has 2 heterocycles. The molecule has 0 aliphatic carbocycles. The first-order valence-corrected chi connectivity index (χ1v) is 19.1. The molecule has 0 aromatic heterocycles. The Hall–Kier alpha value is -0.480. The standard InChI is InChI=1S/C36H74N4O8/c1-5-7-9-15-37(3)21-31(41)25-45-29-36(48-28-34(44)24-40-19-13-14-20-40)35(30-46-26-33(43)23-39-17-11-12-18-39)47-27-32(42)22-38(4)16-10-8-6-2/h31-36,41-44H,5-30H2,1-4H3. The molecule has 4 N–H and O–H groups in total. The van der Waals surface area contributed by atoms with Crippen molar-refractivity contribution in [2.24, 2.45) is 0 Å². The van der Waals surface area contributed by atoms with Crippen LogP contribution in [-0.2, 0) is 18.9 Å². The van der Waals surface area contributed by atoms with Crippen LogP contribution in [0.15, 0.2) is 0 Å². The summed E-state index contributed by atoms with van der Waals surface area (Å²) >= 11 is 0. The predicted octanol–water partition coefficient (Wildman–Crippen LogP) is 1.67. The van der Waals surface area contributed by atoms with Crippen molar-refractivity contribution in [1.29, 1.82) is 0 Å². The Labute approximate surface area is 292 Å². The first-order valence-electron chi connectivity index (χ1n) is 19.1. The zero-order valence-electron chi connectivity index (χ0n) is 31.1. The maximum absolute atomic E-state index is 10.9. The summed E-state index contributed by atoms with van der Waals surface area (Å²) in [6.45, 7) is 13.0. The Morgan fingerprint density at radius 1 is 0.521 bits per heavy atom. The van der Waals surface area contributed by atoms with Gasteiger partial charge in [-0.3, -0.25) is 0 Å². The van der Waals surface area contributed by atoms with Gasteiger partial charge in [-0.05, 0) is 91.9 Å². The molecule has 0 aromatic carbocycles. The van der Waals surface area contributed by atoms with Crippen molar-refractivity contribution in [1.82, 2.24) is 19.6 Å². The molecule has 0 aromatic rings. The molecule has 2 rings (SSSR count). The molecule has 6 unspecified atom stereocenters. The van der Waals surface area contributed by atoms with Gasteiger partial charge in [-0.1, -0.05) is 39.5 Å². The molecule has 48 heavy (non-hydrogen) atoms. The number of unbranched alkanes of at least 4 members (excludes halogenated alkanes) is 4. The lowest BCUT2D eigenvalue weighted by atomic mass is 10.2. The predicted molar refractivity (Wildman–Crippen MR) is 191 cm³/mol. The molecule has 0 saturated carbocycles. The second kappa shape index (κ2) is 27.2. The summed E-state index contributed by atoms with van der Waals surface area (Å²) in [4.78, 5) is 8.75. The molecule has 0 amide bonds. The van der Waals surface area contributed by atoms with Crippen molar-refractivity contribution >= 4 is 0 Å². The van der Waals surface area contributed by atoms with Gasteiger partial charge in [0.1, 0.15) is 12.2 Å². The van der Waals surface area contributed by atoms with Crippen LogP contribution in [0.1, 0.15) is 78.1 Å². The van der Waals surface area contributed by atoms with E-state index in [2.05, 4.69) is 33.4 Å². The van der Waals surface area contributed by atoms with E-state index < -0.39 is 36.6 Å². The number of rotatable bonds is 31. The third-order valence-electron chi connectivity index (χ3n) is 9.27. The lowest BCUT2D eigenvalue weighted by Crippen LogP contribution is -2.45. The molecule has 2 saturated heterocycles. The fourth-order valence-electron chi connectivity index (χ4n) is 6.54. The van der Waals surface area contributed by atoms with Crippen LogP contribution in [0.5, 0.6) is 0 Å². The third kappa shape index (κ3) is 21.0. The highest BCUT2D eigenvalue weighted by Crippen LogP contribution is 2.13. The van der Waals surface area contributed by atoms with Crippen molar-refractivity contribution in [2.75, 3.05) is 119 Å². The highest BCUT2D eigenvalue weighted by atomic mass is 16.6. The highest BCUT2D eigenvalue weighted by Gasteiger charge is 2.28. The lowest BCUT2D eigenvalue weighted by molar-refractivity contribution is -0.155. The lowest BCUT2D eigenvalue weighted by Gasteiger charge is -2.31. The van der Waals surface area contributed by atoms with Crippen molar-refractivity contribution in [3.05, 3.63) is 0 Å². The van der Waals surface area contributed by atoms with Crippen LogP contribution in [0, 0.1) is 0 Å². The van der Waals surface area contributed by atoms with Crippen molar-refractivity contribution in [2.45, 2.75) is 115 Å². The molecule has 2 aliphatic rings. The van der Waals surface area contributed by atoms with Gasteiger partial charge >= 0.3 is 0 Å². The minimum absolute atomic E-state index is 0.0871. The van der Waals surface area contributed by atoms with Gasteiger partial charge in [0.2, 0.25) is 0 Å². The Balaban J connectivity index is 2.01. The van der Waals surface area contributed by atoms with E-state index in [1.165, 1.54) is 6.42 Å². The summed E-state index contributed by atoms with van der Waals surface area (Å²) in [7, 11) is 4.02. The van der Waals surface area contributed by atoms with E-state index in [4.69, 9.17) is 18.9 Å². The van der Waals surface area contributed by atoms with Gasteiger partial charge in [0, 0.05) is 26.2 Å². The molecule has 0 radical (unpaired) electrons. The average molecular weight is 691 g/mol. The molecule has 0 spiro atoms. The number of likely N-dealkylation sites (tertiary alicyclic amines) is 2. The maximum atomic E-state index is 10.9. The van der Waals surface area contributed by atoms with E-state index in [1.807, 2.05) is 14.1 Å². The molecular formula is C36H74N4O8. The Morgan fingerprint density at radius 2 is 0.896 bits per heavy atom. The average Bonchev–Trinajstić information content (AvgIpc) is 3.75. The minimum atomic E-state index is -0.702. The van der Waals surface area contributed by atoms with Crippen LogP contribution in [-0.4, -0.2) is 196 Å². The zero-order chi connectivity index (χ0) is 35.0.